The van der Waals surface area contributed by atoms with E-state index in [0.717, 1.165) is 28.7 Å². The highest BCUT2D eigenvalue weighted by molar-refractivity contribution is 7.99. The number of halogens is 1. The maximum Gasteiger partial charge on any atom is 0.238 e. The highest BCUT2D eigenvalue weighted by Crippen LogP contribution is 2.22. The number of para-hydroxylation sites is 1. The Morgan fingerprint density at radius 2 is 1.94 bits per heavy atom. The predicted octanol–water partition coefficient (Wildman–Crippen LogP) is 3.65. The molecule has 7 nitrogen and oxygen atoms in total. The minimum Gasteiger partial charge on any atom is -0.339 e. The number of H-pyrrole nitrogens is 1. The van der Waals surface area contributed by atoms with E-state index in [9.17, 15) is 9.59 Å². The fourth-order valence-corrected chi connectivity index (χ4v) is 4.71. The SMILES string of the molecule is CCc1ccccc1NC(=O)CN1CCN(C(=O)CSc2nc3ccc(Cl)cc3[nH]2)CC1. The zero-order valence-electron chi connectivity index (χ0n) is 17.9. The van der Waals surface area contributed by atoms with Gasteiger partial charge in [0.05, 0.1) is 23.3 Å². The van der Waals surface area contributed by atoms with Gasteiger partial charge in [-0.1, -0.05) is 48.5 Å². The summed E-state index contributed by atoms with van der Waals surface area (Å²) in [6.07, 6.45) is 0.872. The maximum absolute atomic E-state index is 12.6. The number of aromatic nitrogens is 2. The summed E-state index contributed by atoms with van der Waals surface area (Å²) in [4.78, 5) is 36.7. The highest BCUT2D eigenvalue weighted by atomic mass is 35.5. The molecule has 168 valence electrons. The van der Waals surface area contributed by atoms with Gasteiger partial charge in [0.15, 0.2) is 5.16 Å². The molecule has 0 radical (unpaired) electrons. The van der Waals surface area contributed by atoms with Gasteiger partial charge in [0.2, 0.25) is 11.8 Å². The monoisotopic (exact) mass is 471 g/mol. The first-order valence-corrected chi connectivity index (χ1v) is 12.0. The van der Waals surface area contributed by atoms with Gasteiger partial charge in [0, 0.05) is 36.9 Å². The van der Waals surface area contributed by atoms with E-state index in [2.05, 4.69) is 27.1 Å². The van der Waals surface area contributed by atoms with Crippen molar-refractivity contribution < 1.29 is 9.59 Å². The summed E-state index contributed by atoms with van der Waals surface area (Å²) in [5, 5.41) is 4.37. The van der Waals surface area contributed by atoms with Gasteiger partial charge in [-0.2, -0.15) is 0 Å². The molecular weight excluding hydrogens is 446 g/mol. The van der Waals surface area contributed by atoms with Crippen molar-refractivity contribution in [1.82, 2.24) is 19.8 Å². The van der Waals surface area contributed by atoms with E-state index in [-0.39, 0.29) is 11.8 Å². The van der Waals surface area contributed by atoms with E-state index in [0.29, 0.717) is 48.7 Å². The Labute approximate surface area is 196 Å². The largest absolute Gasteiger partial charge is 0.339 e. The van der Waals surface area contributed by atoms with Crippen molar-refractivity contribution in [3.05, 3.63) is 53.1 Å². The molecule has 1 fully saturated rings. The standard InChI is InChI=1S/C23H26ClN5O2S/c1-2-16-5-3-4-6-18(16)25-21(30)14-28-9-11-29(12-10-28)22(31)15-32-23-26-19-8-7-17(24)13-20(19)27-23/h3-8,13H,2,9-12,14-15H2,1H3,(H,25,30)(H,26,27). The van der Waals surface area contributed by atoms with Crippen molar-refractivity contribution in [3.63, 3.8) is 0 Å². The maximum atomic E-state index is 12.6. The van der Waals surface area contributed by atoms with Crippen LogP contribution in [-0.4, -0.2) is 70.1 Å². The number of aryl methyl sites for hydroxylation is 1. The Kier molecular flexibility index (Phi) is 7.34. The molecular formula is C23H26ClN5O2S. The summed E-state index contributed by atoms with van der Waals surface area (Å²) in [5.41, 5.74) is 3.69. The average Bonchev–Trinajstić information content (AvgIpc) is 3.20. The summed E-state index contributed by atoms with van der Waals surface area (Å²) in [5.74, 6) is 0.377. The molecule has 0 atom stereocenters. The number of rotatable bonds is 7. The fourth-order valence-electron chi connectivity index (χ4n) is 3.75. The first-order chi connectivity index (χ1) is 15.5. The number of fused-ring (bicyclic) bond motifs is 1. The number of anilines is 1. The highest BCUT2D eigenvalue weighted by Gasteiger charge is 2.23. The molecule has 0 aliphatic carbocycles. The lowest BCUT2D eigenvalue weighted by Crippen LogP contribution is -2.50. The number of nitrogens with zero attached hydrogens (tertiary/aromatic N) is 3. The number of thioether (sulfide) groups is 1. The molecule has 2 heterocycles. The number of piperazine rings is 1. The van der Waals surface area contributed by atoms with Gasteiger partial charge in [0.1, 0.15) is 0 Å². The van der Waals surface area contributed by atoms with Gasteiger partial charge in [-0.25, -0.2) is 4.98 Å². The zero-order chi connectivity index (χ0) is 22.5. The molecule has 0 bridgehead atoms. The summed E-state index contributed by atoms with van der Waals surface area (Å²) >= 11 is 7.40. The summed E-state index contributed by atoms with van der Waals surface area (Å²) in [7, 11) is 0. The zero-order valence-corrected chi connectivity index (χ0v) is 19.5. The van der Waals surface area contributed by atoms with Crippen LogP contribution in [0, 0.1) is 0 Å². The van der Waals surface area contributed by atoms with Crippen LogP contribution in [0.25, 0.3) is 11.0 Å². The van der Waals surface area contributed by atoms with Crippen LogP contribution >= 0.6 is 23.4 Å². The number of nitrogens with one attached hydrogen (secondary N) is 2. The fraction of sp³-hybridized carbons (Fsp3) is 0.348. The second-order valence-electron chi connectivity index (χ2n) is 7.71. The van der Waals surface area contributed by atoms with Crippen LogP contribution in [0.2, 0.25) is 5.02 Å². The van der Waals surface area contributed by atoms with Crippen molar-refractivity contribution in [1.29, 1.82) is 0 Å². The van der Waals surface area contributed by atoms with Gasteiger partial charge in [-0.3, -0.25) is 14.5 Å². The molecule has 2 aromatic carbocycles. The van der Waals surface area contributed by atoms with E-state index < -0.39 is 0 Å². The van der Waals surface area contributed by atoms with Crippen molar-refractivity contribution in [2.24, 2.45) is 0 Å². The smallest absolute Gasteiger partial charge is 0.238 e. The lowest BCUT2D eigenvalue weighted by Gasteiger charge is -2.34. The van der Waals surface area contributed by atoms with Crippen molar-refractivity contribution >= 4 is 51.9 Å². The quantitative estimate of drug-likeness (QED) is 0.514. The molecule has 0 saturated carbocycles. The molecule has 0 spiro atoms. The molecule has 1 aliphatic rings. The first kappa shape index (κ1) is 22.6. The van der Waals surface area contributed by atoms with Gasteiger partial charge >= 0.3 is 0 Å². The molecule has 9 heteroatoms. The van der Waals surface area contributed by atoms with Crippen LogP contribution < -0.4 is 5.32 Å². The van der Waals surface area contributed by atoms with Crippen LogP contribution in [0.4, 0.5) is 5.69 Å². The van der Waals surface area contributed by atoms with E-state index in [1.807, 2.05) is 41.3 Å². The van der Waals surface area contributed by atoms with Crippen molar-refractivity contribution in [2.75, 3.05) is 43.8 Å². The number of aromatic amines is 1. The van der Waals surface area contributed by atoms with Gasteiger partial charge < -0.3 is 15.2 Å². The van der Waals surface area contributed by atoms with Crippen LogP contribution in [-0.2, 0) is 16.0 Å². The van der Waals surface area contributed by atoms with Gasteiger partial charge in [0.25, 0.3) is 0 Å². The topological polar surface area (TPSA) is 81.3 Å². The predicted molar refractivity (Wildman–Crippen MR) is 129 cm³/mol. The van der Waals surface area contributed by atoms with Crippen LogP contribution in [0.1, 0.15) is 12.5 Å². The molecule has 2 amide bonds. The number of carbonyl (C=O) groups is 2. The minimum atomic E-state index is -0.0220. The third kappa shape index (κ3) is 5.62. The average molecular weight is 472 g/mol. The summed E-state index contributed by atoms with van der Waals surface area (Å²) < 4.78 is 0. The molecule has 1 aliphatic heterocycles. The second-order valence-corrected chi connectivity index (χ2v) is 9.11. The summed E-state index contributed by atoms with van der Waals surface area (Å²) in [6, 6.07) is 13.3. The Morgan fingerprint density at radius 3 is 2.72 bits per heavy atom. The van der Waals surface area contributed by atoms with Gasteiger partial charge in [-0.15, -0.1) is 0 Å². The van der Waals surface area contributed by atoms with E-state index in [1.165, 1.54) is 11.8 Å². The van der Waals surface area contributed by atoms with Crippen LogP contribution in [0.3, 0.4) is 0 Å². The Hall–Kier alpha value is -2.55. The molecule has 1 aromatic heterocycles. The second kappa shape index (κ2) is 10.4. The molecule has 32 heavy (non-hydrogen) atoms. The third-order valence-corrected chi connectivity index (χ3v) is 6.61. The number of amides is 2. The van der Waals surface area contributed by atoms with E-state index in [1.54, 1.807) is 6.07 Å². The van der Waals surface area contributed by atoms with E-state index >= 15 is 0 Å². The third-order valence-electron chi connectivity index (χ3n) is 5.52. The number of benzene rings is 2. The normalized spacial score (nSPS) is 14.6. The Bertz CT molecular complexity index is 1110. The van der Waals surface area contributed by atoms with Crippen molar-refractivity contribution in [3.8, 4) is 0 Å². The number of hydrogen-bond acceptors (Lipinski definition) is 5. The lowest BCUT2D eigenvalue weighted by atomic mass is 10.1. The number of carbonyl (C=O) groups excluding carboxylic acids is 2. The first-order valence-electron chi connectivity index (χ1n) is 10.7. The van der Waals surface area contributed by atoms with Gasteiger partial charge in [-0.05, 0) is 36.2 Å². The van der Waals surface area contributed by atoms with Crippen LogP contribution in [0.15, 0.2) is 47.6 Å². The molecule has 3 aromatic rings. The Balaban J connectivity index is 1.22. The molecule has 2 N–H and O–H groups in total. The minimum absolute atomic E-state index is 0.0220. The molecule has 1 saturated heterocycles. The number of imidazole rings is 1. The lowest BCUT2D eigenvalue weighted by molar-refractivity contribution is -0.130. The number of hydrogen-bond donors (Lipinski definition) is 2. The summed E-state index contributed by atoms with van der Waals surface area (Å²) in [6.45, 7) is 5.01. The Morgan fingerprint density at radius 1 is 1.16 bits per heavy atom. The van der Waals surface area contributed by atoms with E-state index in [4.69, 9.17) is 11.6 Å². The molecule has 4 rings (SSSR count). The van der Waals surface area contributed by atoms with Crippen LogP contribution in [0.5, 0.6) is 0 Å². The van der Waals surface area contributed by atoms with Crippen molar-refractivity contribution in [2.45, 2.75) is 18.5 Å². The molecule has 0 unspecified atom stereocenters.